The van der Waals surface area contributed by atoms with E-state index in [0.29, 0.717) is 39.8 Å². The van der Waals surface area contributed by atoms with Crippen molar-refractivity contribution in [1.29, 1.82) is 0 Å². The predicted octanol–water partition coefficient (Wildman–Crippen LogP) is 4.73. The van der Waals surface area contributed by atoms with Gasteiger partial charge in [0.25, 0.3) is 0 Å². The van der Waals surface area contributed by atoms with Crippen molar-refractivity contribution < 1.29 is 14.6 Å². The number of carboxylic acid groups (broad SMARTS) is 1. The molecule has 10 nitrogen and oxygen atoms in total. The molecule has 1 atom stereocenters. The predicted molar refractivity (Wildman–Crippen MR) is 167 cm³/mol. The van der Waals surface area contributed by atoms with Gasteiger partial charge in [0.15, 0.2) is 0 Å². The lowest BCUT2D eigenvalue weighted by molar-refractivity contribution is 0.0695. The van der Waals surface area contributed by atoms with Crippen LogP contribution in [0.3, 0.4) is 0 Å². The number of aromatic carboxylic acids is 1. The Morgan fingerprint density at radius 1 is 1.05 bits per heavy atom. The summed E-state index contributed by atoms with van der Waals surface area (Å²) in [6.45, 7) is 5.35. The fourth-order valence-corrected chi connectivity index (χ4v) is 6.63. The van der Waals surface area contributed by atoms with Crippen LogP contribution in [0.25, 0.3) is 16.6 Å². The number of likely N-dealkylation sites (tertiary alicyclic amines) is 1. The third-order valence-corrected chi connectivity index (χ3v) is 9.32. The number of fused-ring (bicyclic) bond motifs is 1. The van der Waals surface area contributed by atoms with Crippen LogP contribution < -0.4 is 20.0 Å². The first-order valence-electron chi connectivity index (χ1n) is 14.4. The zero-order valence-corrected chi connectivity index (χ0v) is 24.8. The summed E-state index contributed by atoms with van der Waals surface area (Å²) >= 11 is 13.0. The number of hydrogen-bond acceptors (Lipinski definition) is 8. The van der Waals surface area contributed by atoms with Crippen LogP contribution in [0.4, 0.5) is 11.5 Å². The maximum absolute atomic E-state index is 13.3. The summed E-state index contributed by atoms with van der Waals surface area (Å²) in [4.78, 5) is 41.2. The Kier molecular flexibility index (Phi) is 7.36. The van der Waals surface area contributed by atoms with Crippen molar-refractivity contribution >= 4 is 51.6 Å². The van der Waals surface area contributed by atoms with Crippen LogP contribution >= 0.6 is 23.2 Å². The van der Waals surface area contributed by atoms with E-state index < -0.39 is 11.4 Å². The molecule has 0 saturated carbocycles. The molecule has 3 aromatic heterocycles. The zero-order chi connectivity index (χ0) is 29.7. The molecular formula is C31H30Cl2N6O4. The number of nitrogens with zero attached hydrogens (tertiary/aromatic N) is 6. The smallest absolute Gasteiger partial charge is 0.341 e. The quantitative estimate of drug-likeness (QED) is 0.299. The number of carbonyl (C=O) groups is 1. The fraction of sp³-hybridized carbons (Fsp3) is 0.355. The maximum Gasteiger partial charge on any atom is 0.341 e. The third-order valence-electron chi connectivity index (χ3n) is 8.73. The van der Waals surface area contributed by atoms with E-state index in [9.17, 15) is 14.7 Å². The average Bonchev–Trinajstić information content (AvgIpc) is 3.42. The van der Waals surface area contributed by atoms with Gasteiger partial charge in [-0.25, -0.2) is 14.8 Å². The summed E-state index contributed by atoms with van der Waals surface area (Å²) in [5, 5.41) is 10.9. The van der Waals surface area contributed by atoms with Gasteiger partial charge in [0, 0.05) is 43.5 Å². The van der Waals surface area contributed by atoms with Gasteiger partial charge in [-0.3, -0.25) is 9.69 Å². The normalized spacial score (nSPS) is 19.0. The van der Waals surface area contributed by atoms with E-state index in [1.807, 2.05) is 18.2 Å². The average molecular weight is 622 g/mol. The van der Waals surface area contributed by atoms with Crippen LogP contribution in [0.15, 0.2) is 59.8 Å². The lowest BCUT2D eigenvalue weighted by Crippen LogP contribution is -2.63. The van der Waals surface area contributed by atoms with Gasteiger partial charge >= 0.3 is 5.97 Å². The van der Waals surface area contributed by atoms with E-state index >= 15 is 0 Å². The Bertz CT molecular complexity index is 1750. The van der Waals surface area contributed by atoms with Gasteiger partial charge in [-0.1, -0.05) is 23.2 Å². The van der Waals surface area contributed by atoms with Crippen LogP contribution in [0.5, 0.6) is 5.88 Å². The van der Waals surface area contributed by atoms with Gasteiger partial charge in [0.1, 0.15) is 23.0 Å². The van der Waals surface area contributed by atoms with E-state index in [0.717, 1.165) is 44.0 Å². The van der Waals surface area contributed by atoms with Crippen molar-refractivity contribution in [3.63, 3.8) is 0 Å². The number of halogens is 2. The minimum Gasteiger partial charge on any atom is -0.477 e. The number of ether oxygens (including phenoxy) is 1. The molecule has 0 aliphatic carbocycles. The Morgan fingerprint density at radius 2 is 1.88 bits per heavy atom. The van der Waals surface area contributed by atoms with Gasteiger partial charge in [-0.2, -0.15) is 0 Å². The molecule has 0 unspecified atom stereocenters. The highest BCUT2D eigenvalue weighted by atomic mass is 35.5. The van der Waals surface area contributed by atoms with E-state index in [2.05, 4.69) is 19.7 Å². The lowest BCUT2D eigenvalue weighted by Gasteiger charge is -2.49. The first-order chi connectivity index (χ1) is 20.9. The maximum atomic E-state index is 13.3. The van der Waals surface area contributed by atoms with Crippen molar-refractivity contribution in [2.24, 2.45) is 0 Å². The SMILES string of the molecule is O=C(O)c1cn(-c2ccc(N3CC(N4CCC4)C3)nc2)c2cc(N3CCC[C@@H]3COc3ncccc3Cl)c(Cl)cc2c1=O. The number of rotatable bonds is 8. The molecule has 3 fully saturated rings. The topological polar surface area (TPSA) is 104 Å². The van der Waals surface area contributed by atoms with Crippen molar-refractivity contribution in [3.8, 4) is 11.6 Å². The summed E-state index contributed by atoms with van der Waals surface area (Å²) in [6, 6.07) is 11.4. The number of anilines is 2. The second-order valence-corrected chi connectivity index (χ2v) is 12.1. The van der Waals surface area contributed by atoms with Crippen molar-refractivity contribution in [3.05, 3.63) is 80.8 Å². The molecule has 1 aromatic carbocycles. The minimum absolute atomic E-state index is 0.00375. The molecule has 3 aliphatic rings. The van der Waals surface area contributed by atoms with Crippen LogP contribution in [0.1, 0.15) is 29.6 Å². The second kappa shape index (κ2) is 11.3. The summed E-state index contributed by atoms with van der Waals surface area (Å²) in [6.07, 6.45) is 7.81. The second-order valence-electron chi connectivity index (χ2n) is 11.3. The standard InChI is InChI=1S/C31H30Cl2N6O4/c32-24-5-1-8-34-30(24)43-18-20-4-2-11-38(20)27-13-26-22(12-25(27)33)29(40)23(31(41)42)17-39(26)19-6-7-28(35-14-19)37-15-21(16-37)36-9-3-10-36/h1,5-8,12-14,17,20-21H,2-4,9-11,15-16,18H2,(H,41,42)/t20-/m1/s1. The first kappa shape index (κ1) is 27.9. The molecule has 3 aliphatic heterocycles. The molecule has 6 heterocycles. The van der Waals surface area contributed by atoms with Gasteiger partial charge in [-0.15, -0.1) is 0 Å². The number of pyridine rings is 3. The first-order valence-corrected chi connectivity index (χ1v) is 15.2. The van der Waals surface area contributed by atoms with E-state index in [1.54, 1.807) is 35.2 Å². The molecule has 4 aromatic rings. The molecule has 0 spiro atoms. The fourth-order valence-electron chi connectivity index (χ4n) is 6.19. The van der Waals surface area contributed by atoms with Crippen LogP contribution in [0, 0.1) is 0 Å². The molecule has 12 heteroatoms. The summed E-state index contributed by atoms with van der Waals surface area (Å²) < 4.78 is 7.68. The number of aromatic nitrogens is 3. The van der Waals surface area contributed by atoms with Gasteiger partial charge in [-0.05, 0) is 68.8 Å². The van der Waals surface area contributed by atoms with Crippen LogP contribution in [0.2, 0.25) is 10.0 Å². The number of carboxylic acids is 1. The van der Waals surface area contributed by atoms with Gasteiger partial charge < -0.3 is 24.2 Å². The highest BCUT2D eigenvalue weighted by Crippen LogP contribution is 2.36. The van der Waals surface area contributed by atoms with E-state index in [-0.39, 0.29) is 17.0 Å². The highest BCUT2D eigenvalue weighted by Gasteiger charge is 2.35. The summed E-state index contributed by atoms with van der Waals surface area (Å²) in [5.74, 6) is -0.0464. The molecule has 0 bridgehead atoms. The van der Waals surface area contributed by atoms with Gasteiger partial charge in [0.2, 0.25) is 11.3 Å². The zero-order valence-electron chi connectivity index (χ0n) is 23.3. The monoisotopic (exact) mass is 620 g/mol. The molecule has 0 amide bonds. The van der Waals surface area contributed by atoms with E-state index in [1.165, 1.54) is 25.7 Å². The minimum atomic E-state index is -1.30. The molecule has 0 radical (unpaired) electrons. The molecule has 3 saturated heterocycles. The molecule has 222 valence electrons. The Hall–Kier alpha value is -3.86. The lowest BCUT2D eigenvalue weighted by atomic mass is 10.0. The Morgan fingerprint density at radius 3 is 2.58 bits per heavy atom. The van der Waals surface area contributed by atoms with Gasteiger partial charge in [0.05, 0.1) is 34.2 Å². The van der Waals surface area contributed by atoms with E-state index in [4.69, 9.17) is 32.9 Å². The Labute approximate surface area is 258 Å². The van der Waals surface area contributed by atoms with Crippen molar-refractivity contribution in [1.82, 2.24) is 19.4 Å². The third kappa shape index (κ3) is 5.17. The van der Waals surface area contributed by atoms with Crippen LogP contribution in [-0.2, 0) is 0 Å². The summed E-state index contributed by atoms with van der Waals surface area (Å²) in [7, 11) is 0. The molecule has 1 N–H and O–H groups in total. The van der Waals surface area contributed by atoms with Crippen LogP contribution in [-0.4, -0.2) is 81.9 Å². The molecule has 43 heavy (non-hydrogen) atoms. The van der Waals surface area contributed by atoms with Crippen molar-refractivity contribution in [2.75, 3.05) is 49.1 Å². The molecule has 7 rings (SSSR count). The molecular weight excluding hydrogens is 591 g/mol. The number of benzene rings is 1. The van der Waals surface area contributed by atoms with Crippen molar-refractivity contribution in [2.45, 2.75) is 31.3 Å². The Balaban J connectivity index is 1.22. The number of hydrogen-bond donors (Lipinski definition) is 1. The largest absolute Gasteiger partial charge is 0.477 e. The highest BCUT2D eigenvalue weighted by molar-refractivity contribution is 6.34. The summed E-state index contributed by atoms with van der Waals surface area (Å²) in [5.41, 5.74) is 1.02.